The molecular weight excluding hydrogens is 580 g/mol. The normalized spacial score (nSPS) is 11.2. The van der Waals surface area contributed by atoms with Crippen LogP contribution in [0.25, 0.3) is 16.0 Å². The van der Waals surface area contributed by atoms with Crippen LogP contribution in [0.3, 0.4) is 0 Å². The number of aryl methyl sites for hydroxylation is 4. The molecule has 0 fully saturated rings. The third kappa shape index (κ3) is 9.84. The fourth-order valence-corrected chi connectivity index (χ4v) is 4.74. The molecule has 0 aliphatic carbocycles. The van der Waals surface area contributed by atoms with E-state index in [4.69, 9.17) is 21.0 Å². The number of nitrogens with one attached hydrogen (secondary N) is 1. The summed E-state index contributed by atoms with van der Waals surface area (Å²) in [7, 11) is 0. The van der Waals surface area contributed by atoms with E-state index >= 15 is 0 Å². The van der Waals surface area contributed by atoms with Gasteiger partial charge in [-0.25, -0.2) is 0 Å². The molecule has 0 atom stereocenters. The molecule has 220 valence electrons. The first-order valence-corrected chi connectivity index (χ1v) is 13.7. The van der Waals surface area contributed by atoms with Gasteiger partial charge in [0.2, 0.25) is 0 Å². The van der Waals surface area contributed by atoms with E-state index in [0.717, 1.165) is 44.8 Å². The maximum absolute atomic E-state index is 12.9. The van der Waals surface area contributed by atoms with Gasteiger partial charge in [-0.15, -0.1) is 0 Å². The van der Waals surface area contributed by atoms with E-state index in [1.165, 1.54) is 4.91 Å². The molecule has 1 N–H and O–H groups in total. The van der Waals surface area contributed by atoms with E-state index in [-0.39, 0.29) is 28.6 Å². The third-order valence-electron chi connectivity index (χ3n) is 6.56. The van der Waals surface area contributed by atoms with Crippen molar-refractivity contribution >= 4 is 11.4 Å². The van der Waals surface area contributed by atoms with Gasteiger partial charge in [0, 0.05) is 24.2 Å². The summed E-state index contributed by atoms with van der Waals surface area (Å²) in [6, 6.07) is 27.4. The first-order chi connectivity index (χ1) is 20.3. The van der Waals surface area contributed by atoms with E-state index in [2.05, 4.69) is 5.32 Å². The molecule has 0 aromatic heterocycles. The van der Waals surface area contributed by atoms with Crippen LogP contribution >= 0.6 is 0 Å². The van der Waals surface area contributed by atoms with Crippen molar-refractivity contribution in [2.75, 3.05) is 26.2 Å². The monoisotopic (exact) mass is 615 g/mol. The quantitative estimate of drug-likeness (QED) is 0.0593. The van der Waals surface area contributed by atoms with E-state index in [9.17, 15) is 10.2 Å². The zero-order chi connectivity index (χ0) is 30.5. The molecule has 9 heteroatoms. The van der Waals surface area contributed by atoms with Crippen molar-refractivity contribution < 1.29 is 27.3 Å². The van der Waals surface area contributed by atoms with Crippen LogP contribution < -0.4 is 15.5 Å². The zero-order valence-electron chi connectivity index (χ0n) is 24.8. The molecule has 0 bridgehead atoms. The van der Waals surface area contributed by atoms with Crippen LogP contribution in [0, 0.1) is 27.7 Å². The van der Waals surface area contributed by atoms with Gasteiger partial charge in [0.05, 0.1) is 24.5 Å². The number of benzene rings is 4. The van der Waals surface area contributed by atoms with Crippen LogP contribution in [0.4, 0.5) is 0 Å². The minimum absolute atomic E-state index is 0. The topological polar surface area (TPSA) is 142 Å². The smallest absolute Gasteiger partial charge is 0.872 e. The zero-order valence-corrected chi connectivity index (χ0v) is 25.9. The SMILES string of the molecule is Cc1cc(C)c([O-])c(C(=NCCNCCN=C(c2ccccc2)c2cc(C)cc(C)c2[O-])c2ccccc2)c1.[Fe+4].[N-]=[N+]=[N-]. The van der Waals surface area contributed by atoms with Gasteiger partial charge in [0.15, 0.2) is 0 Å². The van der Waals surface area contributed by atoms with E-state index in [0.29, 0.717) is 37.3 Å². The molecule has 0 heterocycles. The molecule has 0 saturated carbocycles. The number of hydrogen-bond donors (Lipinski definition) is 1. The summed E-state index contributed by atoms with van der Waals surface area (Å²) in [6.45, 7) is 10.0. The molecule has 0 unspecified atom stereocenters. The van der Waals surface area contributed by atoms with E-state index < -0.39 is 0 Å². The second kappa shape index (κ2) is 17.5. The first-order valence-electron chi connectivity index (χ1n) is 13.7. The van der Waals surface area contributed by atoms with Crippen LogP contribution in [-0.2, 0) is 17.1 Å². The molecule has 0 spiro atoms. The first kappa shape index (κ1) is 34.8. The van der Waals surface area contributed by atoms with Crippen molar-refractivity contribution in [1.82, 2.24) is 5.32 Å². The molecule has 0 aliphatic rings. The number of rotatable bonds is 10. The molecule has 4 rings (SSSR count). The van der Waals surface area contributed by atoms with Crippen molar-refractivity contribution in [3.63, 3.8) is 0 Å². The second-order valence-corrected chi connectivity index (χ2v) is 9.95. The molecular formula is C34H35FeN6O2+. The fourth-order valence-electron chi connectivity index (χ4n) is 4.74. The average molecular weight is 616 g/mol. The summed E-state index contributed by atoms with van der Waals surface area (Å²) in [6.07, 6.45) is 0. The molecule has 0 saturated heterocycles. The molecule has 4 aromatic rings. The Balaban J connectivity index is 0.00000155. The molecule has 43 heavy (non-hydrogen) atoms. The van der Waals surface area contributed by atoms with E-state index in [1.807, 2.05) is 113 Å². The summed E-state index contributed by atoms with van der Waals surface area (Å²) in [5.74, 6) is 0.0335. The maximum Gasteiger partial charge on any atom is 4.00 e. The second-order valence-electron chi connectivity index (χ2n) is 9.95. The van der Waals surface area contributed by atoms with Gasteiger partial charge < -0.3 is 26.6 Å². The Bertz CT molecular complexity index is 1470. The van der Waals surface area contributed by atoms with Gasteiger partial charge in [0.1, 0.15) is 0 Å². The fraction of sp³-hybridized carbons (Fsp3) is 0.235. The van der Waals surface area contributed by atoms with Crippen molar-refractivity contribution in [1.29, 1.82) is 0 Å². The predicted octanol–water partition coefficient (Wildman–Crippen LogP) is 5.90. The standard InChI is InChI=1S/C34H37N3O2.Fe.N3/c1-23-19-25(3)33(38)29(21-23)31(27-11-7-5-8-12-27)36-17-15-35-16-18-37-32(28-13-9-6-10-14-28)30-22-24(2)20-26(4)34(30)39;;1-3-2/h5-14,19-22,35,38-39H,15-18H2,1-4H3;;/q;+4;-1/p-2. The minimum atomic E-state index is 0. The molecule has 0 amide bonds. The minimum Gasteiger partial charge on any atom is -0.872 e. The van der Waals surface area contributed by atoms with Crippen molar-refractivity contribution in [2.24, 2.45) is 9.98 Å². The molecule has 4 aromatic carbocycles. The van der Waals surface area contributed by atoms with Gasteiger partial charge in [-0.1, -0.05) is 119 Å². The molecule has 8 nitrogen and oxygen atoms in total. The Morgan fingerprint density at radius 3 is 1.35 bits per heavy atom. The summed E-state index contributed by atoms with van der Waals surface area (Å²) >= 11 is 0. The molecule has 0 aliphatic heterocycles. The Morgan fingerprint density at radius 1 is 0.651 bits per heavy atom. The van der Waals surface area contributed by atoms with Crippen LogP contribution in [0.5, 0.6) is 11.5 Å². The van der Waals surface area contributed by atoms with Gasteiger partial charge in [-0.3, -0.25) is 14.9 Å². The molecule has 0 radical (unpaired) electrons. The van der Waals surface area contributed by atoms with Crippen molar-refractivity contribution in [3.05, 3.63) is 145 Å². The van der Waals surface area contributed by atoms with Gasteiger partial charge in [0.25, 0.3) is 0 Å². The van der Waals surface area contributed by atoms with Crippen LogP contribution in [0.2, 0.25) is 0 Å². The Morgan fingerprint density at radius 2 is 1.00 bits per heavy atom. The Hall–Kier alpha value is -4.39. The predicted molar refractivity (Wildman–Crippen MR) is 168 cm³/mol. The largest absolute Gasteiger partial charge is 4.00 e. The van der Waals surface area contributed by atoms with E-state index in [1.54, 1.807) is 0 Å². The van der Waals surface area contributed by atoms with Crippen molar-refractivity contribution in [3.8, 4) is 11.5 Å². The summed E-state index contributed by atoms with van der Waals surface area (Å²) < 4.78 is 0. The van der Waals surface area contributed by atoms with Gasteiger partial charge >= 0.3 is 17.1 Å². The van der Waals surface area contributed by atoms with Crippen LogP contribution in [0.15, 0.2) is 94.9 Å². The summed E-state index contributed by atoms with van der Waals surface area (Å²) in [5.41, 5.74) is 21.6. The third-order valence-corrected chi connectivity index (χ3v) is 6.56. The number of nitrogens with zero attached hydrogens (tertiary/aromatic N) is 5. The maximum atomic E-state index is 12.9. The van der Waals surface area contributed by atoms with Gasteiger partial charge in [-0.2, -0.15) is 0 Å². The van der Waals surface area contributed by atoms with Crippen molar-refractivity contribution in [2.45, 2.75) is 27.7 Å². The summed E-state index contributed by atoms with van der Waals surface area (Å²) in [4.78, 5) is 11.2. The number of hydrogen-bond acceptors (Lipinski definition) is 5. The van der Waals surface area contributed by atoms with Gasteiger partial charge in [-0.05, 0) is 38.8 Å². The average Bonchev–Trinajstić information content (AvgIpc) is 2.98. The summed E-state index contributed by atoms with van der Waals surface area (Å²) in [5, 5.41) is 29.3. The Labute approximate surface area is 264 Å². The van der Waals surface area contributed by atoms with Crippen LogP contribution in [0.1, 0.15) is 44.5 Å². The Kier molecular flexibility index (Phi) is 14.2. The number of aliphatic imine (C=N–C) groups is 2. The van der Waals surface area contributed by atoms with Crippen LogP contribution in [-0.4, -0.2) is 37.6 Å².